The van der Waals surface area contributed by atoms with Gasteiger partial charge in [-0.25, -0.2) is 0 Å². The first-order valence-electron chi connectivity index (χ1n) is 7.93. The van der Waals surface area contributed by atoms with Gasteiger partial charge in [0.1, 0.15) is 8.65 Å². The van der Waals surface area contributed by atoms with Crippen LogP contribution in [0.1, 0.15) is 18.9 Å². The summed E-state index contributed by atoms with van der Waals surface area (Å²) in [7, 11) is 4.47. The van der Waals surface area contributed by atoms with E-state index in [0.717, 1.165) is 18.8 Å². The van der Waals surface area contributed by atoms with Crippen LogP contribution in [0.3, 0.4) is 0 Å². The van der Waals surface area contributed by atoms with Crippen molar-refractivity contribution in [3.63, 3.8) is 0 Å². The maximum Gasteiger partial charge on any atom is 0.161 e. The minimum absolute atomic E-state index is 0.00578. The van der Waals surface area contributed by atoms with Gasteiger partial charge in [-0.05, 0) is 31.0 Å². The van der Waals surface area contributed by atoms with Crippen molar-refractivity contribution < 1.29 is 4.74 Å². The largest absolute Gasteiger partial charge is 0.492 e. The van der Waals surface area contributed by atoms with Crippen LogP contribution in [0.25, 0.3) is 10.4 Å². The molecule has 134 valence electrons. The fraction of sp³-hybridized carbons (Fsp3) is 0.375. The summed E-state index contributed by atoms with van der Waals surface area (Å²) in [5.74, 6) is 1.02. The van der Waals surface area contributed by atoms with Crippen LogP contribution in [0.5, 0.6) is 5.75 Å². The number of anilines is 1. The van der Waals surface area contributed by atoms with E-state index in [1.165, 1.54) is 21.7 Å². The van der Waals surface area contributed by atoms with E-state index in [1.54, 1.807) is 11.3 Å². The molecule has 0 radical (unpaired) electrons. The molecule has 0 saturated carbocycles. The third-order valence-corrected chi connectivity index (χ3v) is 6.67. The third-order valence-electron chi connectivity index (χ3n) is 3.63. The number of nitrogens with zero attached hydrogens (tertiary/aromatic N) is 1. The monoisotopic (exact) mass is 803 g/mol. The van der Waals surface area contributed by atoms with Gasteiger partial charge >= 0.3 is 0 Å². The molecule has 1 aromatic heterocycles. The highest BCUT2D eigenvalue weighted by Crippen LogP contribution is 2.45. The van der Waals surface area contributed by atoms with Gasteiger partial charge in [0, 0.05) is 21.5 Å². The summed E-state index contributed by atoms with van der Waals surface area (Å²) in [5.41, 5.74) is 3.73. The molecule has 0 unspecified atom stereocenters. The van der Waals surface area contributed by atoms with E-state index in [-0.39, 0.29) is 2.90 Å². The van der Waals surface area contributed by atoms with Crippen LogP contribution in [0.2, 0.25) is 0 Å². The topological polar surface area (TPSA) is 12.5 Å². The number of halogens is 4. The van der Waals surface area contributed by atoms with Crippen LogP contribution in [-0.2, 0) is 0 Å². The Labute approximate surface area is 211 Å². The zero-order valence-electron chi connectivity index (χ0n) is 14.6. The Morgan fingerprint density at radius 2 is 1.64 bits per heavy atom. The van der Waals surface area contributed by atoms with Gasteiger partial charge in [0.2, 0.25) is 0 Å². The van der Waals surface area contributed by atoms with Crippen molar-refractivity contribution in [2.75, 3.05) is 11.5 Å². The zero-order valence-corrected chi connectivity index (χ0v) is 24.0. The number of hydrogen-bond donors (Lipinski definition) is 0. The van der Waals surface area contributed by atoms with E-state index in [1.807, 2.05) is 0 Å². The van der Waals surface area contributed by atoms with Crippen molar-refractivity contribution in [1.82, 2.24) is 0 Å². The number of hydrogen-bond acceptors (Lipinski definition) is 3. The summed E-state index contributed by atoms with van der Waals surface area (Å²) >= 11 is 11.8. The molecular formula is C16H19B2I4NOS. The second kappa shape index (κ2) is 9.38. The molecular weight excluding hydrogens is 783 g/mol. The molecule has 1 aromatic carbocycles. The van der Waals surface area contributed by atoms with E-state index in [9.17, 15) is 0 Å². The molecule has 0 spiro atoms. The average molecular weight is 803 g/mol. The van der Waals surface area contributed by atoms with Gasteiger partial charge in [-0.15, -0.1) is 11.3 Å². The summed E-state index contributed by atoms with van der Waals surface area (Å²) in [6, 6.07) is 8.91. The predicted octanol–water partition coefficient (Wildman–Crippen LogP) is 5.55. The molecule has 0 aliphatic rings. The Morgan fingerprint density at radius 1 is 1.08 bits per heavy atom. The van der Waals surface area contributed by atoms with Crippen LogP contribution in [0.15, 0.2) is 29.6 Å². The molecule has 0 bridgehead atoms. The highest BCUT2D eigenvalue weighted by molar-refractivity contribution is 14.2. The molecule has 9 heteroatoms. The van der Waals surface area contributed by atoms with E-state index in [4.69, 9.17) is 4.74 Å². The molecule has 25 heavy (non-hydrogen) atoms. The van der Waals surface area contributed by atoms with Gasteiger partial charge in [0.15, 0.2) is 15.7 Å². The lowest BCUT2D eigenvalue weighted by Gasteiger charge is -2.43. The van der Waals surface area contributed by atoms with Crippen molar-refractivity contribution in [3.8, 4) is 16.2 Å². The first kappa shape index (κ1) is 22.9. The van der Waals surface area contributed by atoms with Gasteiger partial charge < -0.3 is 9.64 Å². The summed E-state index contributed by atoms with van der Waals surface area (Å²) in [6.07, 6.45) is 1.03. The molecule has 0 atom stereocenters. The standard InChI is InChI=1S/C16H19B2I4NOS/c1-3-8-24-13-9-25-14(10(13)2)11-4-6-12(7-5-11)23(15(17,19)20)16(18,21)22/h4-7,9H,3,8,17-18H2,1-2H3. The fourth-order valence-electron chi connectivity index (χ4n) is 2.60. The van der Waals surface area contributed by atoms with Crippen molar-refractivity contribution >= 4 is 123 Å². The van der Waals surface area contributed by atoms with Crippen LogP contribution in [0, 0.1) is 6.92 Å². The lowest BCUT2D eigenvalue weighted by molar-refractivity contribution is 0.317. The molecule has 1 heterocycles. The molecule has 2 rings (SSSR count). The highest BCUT2D eigenvalue weighted by atomic mass is 127. The zero-order chi connectivity index (χ0) is 18.8. The van der Waals surface area contributed by atoms with Crippen molar-refractivity contribution in [2.24, 2.45) is 0 Å². The van der Waals surface area contributed by atoms with Crippen LogP contribution < -0.4 is 9.64 Å². The van der Waals surface area contributed by atoms with Gasteiger partial charge in [-0.3, -0.25) is 0 Å². The lowest BCUT2D eigenvalue weighted by atomic mass is 10.0. The second-order valence-corrected chi connectivity index (χ2v) is 19.4. The predicted molar refractivity (Wildman–Crippen MR) is 151 cm³/mol. The summed E-state index contributed by atoms with van der Waals surface area (Å²) < 4.78 is 5.83. The Kier molecular flexibility index (Phi) is 8.57. The lowest BCUT2D eigenvalue weighted by Crippen LogP contribution is -2.49. The minimum Gasteiger partial charge on any atom is -0.492 e. The quantitative estimate of drug-likeness (QED) is 0.158. The fourth-order valence-corrected chi connectivity index (χ4v) is 8.51. The van der Waals surface area contributed by atoms with Crippen LogP contribution in [-0.4, -0.2) is 25.2 Å². The van der Waals surface area contributed by atoms with E-state index >= 15 is 0 Å². The molecule has 0 aliphatic heterocycles. The first-order valence-corrected chi connectivity index (χ1v) is 13.1. The van der Waals surface area contributed by atoms with Crippen LogP contribution >= 0.6 is 102 Å². The number of rotatable bonds is 7. The van der Waals surface area contributed by atoms with E-state index in [0.29, 0.717) is 0 Å². The Hall–Kier alpha value is 1.57. The summed E-state index contributed by atoms with van der Waals surface area (Å²) in [4.78, 5) is 3.73. The van der Waals surface area contributed by atoms with Crippen LogP contribution in [0.4, 0.5) is 5.69 Å². The molecule has 0 fully saturated rings. The van der Waals surface area contributed by atoms with Gasteiger partial charge in [0.05, 0.1) is 6.61 Å². The van der Waals surface area contributed by atoms with Gasteiger partial charge in [-0.2, -0.15) is 0 Å². The Morgan fingerprint density at radius 3 is 2.12 bits per heavy atom. The number of ether oxygens (including phenoxy) is 1. The second-order valence-electron chi connectivity index (χ2n) is 5.97. The highest BCUT2D eigenvalue weighted by Gasteiger charge is 2.36. The average Bonchev–Trinajstić information content (AvgIpc) is 2.84. The summed E-state index contributed by atoms with van der Waals surface area (Å²) in [6.45, 7) is 5.06. The maximum atomic E-state index is 5.84. The van der Waals surface area contributed by atoms with Crippen molar-refractivity contribution in [1.29, 1.82) is 0 Å². The first-order chi connectivity index (χ1) is 11.6. The molecule has 2 nitrogen and oxygen atoms in total. The molecule has 2 aromatic rings. The molecule has 0 N–H and O–H groups in total. The Balaban J connectivity index is 2.32. The summed E-state index contributed by atoms with van der Waals surface area (Å²) in [5, 5.41) is 2.13. The molecule has 0 aliphatic carbocycles. The SMILES string of the molecule is BC(I)(I)N(c1ccc(-c2scc(OCCC)c2C)cc1)C(B)(I)I. The minimum atomic E-state index is -0.00578. The number of alkyl halides is 4. The Bertz CT molecular complexity index is 696. The molecule has 0 amide bonds. The maximum absolute atomic E-state index is 5.84. The number of benzene rings is 1. The van der Waals surface area contributed by atoms with Gasteiger partial charge in [0.25, 0.3) is 0 Å². The normalized spacial score (nSPS) is 12.2. The molecule has 0 saturated heterocycles. The van der Waals surface area contributed by atoms with E-state index in [2.05, 4.69) is 154 Å². The smallest absolute Gasteiger partial charge is 0.161 e. The van der Waals surface area contributed by atoms with Gasteiger partial charge in [-0.1, -0.05) is 109 Å². The number of thiophene rings is 1. The van der Waals surface area contributed by atoms with Crippen molar-refractivity contribution in [2.45, 2.75) is 23.2 Å². The van der Waals surface area contributed by atoms with Crippen molar-refractivity contribution in [3.05, 3.63) is 35.2 Å². The van der Waals surface area contributed by atoms with E-state index < -0.39 is 0 Å². The third kappa shape index (κ3) is 6.02.